The van der Waals surface area contributed by atoms with Crippen molar-refractivity contribution >= 4 is 28.2 Å². The topological polar surface area (TPSA) is 71.2 Å². The van der Waals surface area contributed by atoms with Crippen molar-refractivity contribution in [1.82, 2.24) is 9.88 Å². The second-order valence-corrected chi connectivity index (χ2v) is 5.72. The number of hydrogen-bond donors (Lipinski definition) is 2. The molecule has 5 heteroatoms. The van der Waals surface area contributed by atoms with Gasteiger partial charge in [-0.25, -0.2) is 4.98 Å². The number of aromatic nitrogens is 1. The Morgan fingerprint density at radius 3 is 2.75 bits per heavy atom. The number of nitrogens with one attached hydrogen (secondary N) is 1. The number of nitrogens with zero attached hydrogens (tertiary/aromatic N) is 2. The van der Waals surface area contributed by atoms with Crippen LogP contribution < -0.4 is 11.1 Å². The largest absolute Gasteiger partial charge is 0.383 e. The summed E-state index contributed by atoms with van der Waals surface area (Å²) in [5.74, 6) is 0.547. The van der Waals surface area contributed by atoms with Crippen LogP contribution in [0.4, 0.5) is 11.5 Å². The number of pyridine rings is 1. The maximum absolute atomic E-state index is 12.3. The first kappa shape index (κ1) is 15.8. The van der Waals surface area contributed by atoms with Crippen LogP contribution in [0.15, 0.2) is 60.8 Å². The van der Waals surface area contributed by atoms with Gasteiger partial charge in [0, 0.05) is 30.9 Å². The van der Waals surface area contributed by atoms with Gasteiger partial charge in [-0.05, 0) is 35.2 Å². The molecule has 3 rings (SSSR count). The molecular formula is C19H20N4O. The summed E-state index contributed by atoms with van der Waals surface area (Å²) in [6.45, 7) is 0.844. The number of nitrogens with two attached hydrogens (primary N) is 1. The molecule has 0 fully saturated rings. The Kier molecular flexibility index (Phi) is 4.61. The van der Waals surface area contributed by atoms with Crippen LogP contribution in [0, 0.1) is 0 Å². The van der Waals surface area contributed by atoms with Gasteiger partial charge >= 0.3 is 0 Å². The summed E-state index contributed by atoms with van der Waals surface area (Å²) in [4.78, 5) is 18.1. The van der Waals surface area contributed by atoms with Crippen LogP contribution in [0.3, 0.4) is 0 Å². The maximum atomic E-state index is 12.3. The first-order valence-corrected chi connectivity index (χ1v) is 7.79. The van der Waals surface area contributed by atoms with Crippen molar-refractivity contribution in [3.8, 4) is 0 Å². The van der Waals surface area contributed by atoms with Crippen molar-refractivity contribution in [1.29, 1.82) is 0 Å². The number of hydrogen-bond acceptors (Lipinski definition) is 4. The lowest BCUT2D eigenvalue weighted by Gasteiger charge is -2.18. The molecule has 2 aromatic carbocycles. The minimum Gasteiger partial charge on any atom is -0.383 e. The van der Waals surface area contributed by atoms with Crippen molar-refractivity contribution in [3.63, 3.8) is 0 Å². The van der Waals surface area contributed by atoms with Gasteiger partial charge in [0.1, 0.15) is 5.82 Å². The third-order valence-corrected chi connectivity index (χ3v) is 3.93. The molecule has 1 amide bonds. The fourth-order valence-electron chi connectivity index (χ4n) is 2.57. The van der Waals surface area contributed by atoms with Crippen LogP contribution in [0.5, 0.6) is 0 Å². The number of rotatable bonds is 5. The molecule has 0 unspecified atom stereocenters. The average molecular weight is 320 g/mol. The van der Waals surface area contributed by atoms with Gasteiger partial charge in [0.25, 0.3) is 0 Å². The van der Waals surface area contributed by atoms with Gasteiger partial charge in [-0.2, -0.15) is 0 Å². The summed E-state index contributed by atoms with van der Waals surface area (Å²) < 4.78 is 0. The average Bonchev–Trinajstić information content (AvgIpc) is 2.60. The number of carbonyl (C=O) groups is 1. The first-order valence-electron chi connectivity index (χ1n) is 7.79. The Morgan fingerprint density at radius 1 is 1.17 bits per heavy atom. The van der Waals surface area contributed by atoms with E-state index in [0.717, 1.165) is 22.0 Å². The minimum absolute atomic E-state index is 0.0354. The lowest BCUT2D eigenvalue weighted by molar-refractivity contribution is -0.128. The van der Waals surface area contributed by atoms with Crippen LogP contribution in [-0.2, 0) is 11.3 Å². The van der Waals surface area contributed by atoms with Crippen LogP contribution in [0.25, 0.3) is 10.8 Å². The smallest absolute Gasteiger partial charge is 0.241 e. The molecule has 122 valence electrons. The summed E-state index contributed by atoms with van der Waals surface area (Å²) in [5.41, 5.74) is 7.85. The number of anilines is 2. The summed E-state index contributed by atoms with van der Waals surface area (Å²) in [7, 11) is 1.81. The second-order valence-electron chi connectivity index (χ2n) is 5.72. The summed E-state index contributed by atoms with van der Waals surface area (Å²) in [5, 5.41) is 5.08. The van der Waals surface area contributed by atoms with E-state index in [1.807, 2.05) is 61.6 Å². The quantitative estimate of drug-likeness (QED) is 0.758. The Bertz CT molecular complexity index is 848. The molecule has 0 spiro atoms. The van der Waals surface area contributed by atoms with E-state index in [-0.39, 0.29) is 12.5 Å². The highest BCUT2D eigenvalue weighted by Gasteiger charge is 2.09. The predicted octanol–water partition coefficient (Wildman–Crippen LogP) is 2.89. The number of likely N-dealkylation sites (N-methyl/N-ethyl adjacent to an activating group) is 1. The monoisotopic (exact) mass is 320 g/mol. The third-order valence-electron chi connectivity index (χ3n) is 3.93. The zero-order valence-electron chi connectivity index (χ0n) is 13.6. The lowest BCUT2D eigenvalue weighted by Crippen LogP contribution is -2.31. The van der Waals surface area contributed by atoms with Crippen LogP contribution in [0.1, 0.15) is 5.56 Å². The molecule has 1 heterocycles. The number of nitrogen functional groups attached to an aromatic ring is 1. The van der Waals surface area contributed by atoms with E-state index < -0.39 is 0 Å². The number of benzene rings is 2. The van der Waals surface area contributed by atoms with E-state index in [9.17, 15) is 4.79 Å². The van der Waals surface area contributed by atoms with Gasteiger partial charge in [0.2, 0.25) is 5.91 Å². The van der Waals surface area contributed by atoms with Crippen molar-refractivity contribution in [2.45, 2.75) is 6.54 Å². The maximum Gasteiger partial charge on any atom is 0.241 e. The van der Waals surface area contributed by atoms with Gasteiger partial charge in [-0.15, -0.1) is 0 Å². The fraction of sp³-hybridized carbons (Fsp3) is 0.158. The molecule has 0 bridgehead atoms. The lowest BCUT2D eigenvalue weighted by atomic mass is 10.1. The van der Waals surface area contributed by atoms with E-state index in [4.69, 9.17) is 5.73 Å². The molecule has 3 aromatic rings. The Labute approximate surface area is 141 Å². The van der Waals surface area contributed by atoms with Gasteiger partial charge in [-0.1, -0.05) is 30.3 Å². The highest BCUT2D eigenvalue weighted by molar-refractivity contribution is 5.93. The van der Waals surface area contributed by atoms with Crippen LogP contribution in [0.2, 0.25) is 0 Å². The van der Waals surface area contributed by atoms with E-state index in [1.54, 1.807) is 11.1 Å². The highest BCUT2D eigenvalue weighted by Crippen LogP contribution is 2.22. The molecule has 0 aliphatic rings. The zero-order chi connectivity index (χ0) is 16.9. The SMILES string of the molecule is CN(Cc1ccccc1)C(=O)CNc1ccc2c(N)nccc2c1. The van der Waals surface area contributed by atoms with Crippen molar-refractivity contribution < 1.29 is 4.79 Å². The molecule has 5 nitrogen and oxygen atoms in total. The first-order chi connectivity index (χ1) is 11.6. The molecule has 0 aliphatic carbocycles. The van der Waals surface area contributed by atoms with Crippen LogP contribution >= 0.6 is 0 Å². The van der Waals surface area contributed by atoms with Gasteiger partial charge in [0.05, 0.1) is 6.54 Å². The van der Waals surface area contributed by atoms with Crippen molar-refractivity contribution in [2.75, 3.05) is 24.6 Å². The molecule has 24 heavy (non-hydrogen) atoms. The number of amides is 1. The fourth-order valence-corrected chi connectivity index (χ4v) is 2.57. The Morgan fingerprint density at radius 2 is 1.96 bits per heavy atom. The molecule has 0 saturated carbocycles. The summed E-state index contributed by atoms with van der Waals surface area (Å²) >= 11 is 0. The van der Waals surface area contributed by atoms with Crippen LogP contribution in [-0.4, -0.2) is 29.4 Å². The highest BCUT2D eigenvalue weighted by atomic mass is 16.2. The molecular weight excluding hydrogens is 300 g/mol. The molecule has 0 atom stereocenters. The zero-order valence-corrected chi connectivity index (χ0v) is 13.6. The summed E-state index contributed by atoms with van der Waals surface area (Å²) in [6, 6.07) is 17.6. The minimum atomic E-state index is 0.0354. The molecule has 0 radical (unpaired) electrons. The summed E-state index contributed by atoms with van der Waals surface area (Å²) in [6.07, 6.45) is 1.68. The van der Waals surface area contributed by atoms with Gasteiger partial charge in [-0.3, -0.25) is 4.79 Å². The van der Waals surface area contributed by atoms with Gasteiger partial charge in [0.15, 0.2) is 0 Å². The molecule has 0 aliphatic heterocycles. The Hall–Kier alpha value is -3.08. The molecule has 1 aromatic heterocycles. The molecule has 3 N–H and O–H groups in total. The number of carbonyl (C=O) groups excluding carboxylic acids is 1. The standard InChI is InChI=1S/C19H20N4O/c1-23(13-14-5-3-2-4-6-14)18(24)12-22-16-7-8-17-15(11-16)9-10-21-19(17)20/h2-11,22H,12-13H2,1H3,(H2,20,21). The number of fused-ring (bicyclic) bond motifs is 1. The third kappa shape index (κ3) is 3.63. The van der Waals surface area contributed by atoms with E-state index in [0.29, 0.717) is 12.4 Å². The van der Waals surface area contributed by atoms with Crippen molar-refractivity contribution in [3.05, 3.63) is 66.4 Å². The second kappa shape index (κ2) is 7.00. The molecule has 0 saturated heterocycles. The normalized spacial score (nSPS) is 10.5. The Balaban J connectivity index is 1.61. The van der Waals surface area contributed by atoms with Gasteiger partial charge < -0.3 is 16.0 Å². The van der Waals surface area contributed by atoms with Crippen molar-refractivity contribution in [2.24, 2.45) is 0 Å². The van der Waals surface area contributed by atoms with E-state index in [1.165, 1.54) is 0 Å². The predicted molar refractivity (Wildman–Crippen MR) is 97.6 cm³/mol. The van der Waals surface area contributed by atoms with E-state index >= 15 is 0 Å². The van der Waals surface area contributed by atoms with E-state index in [2.05, 4.69) is 10.3 Å².